The lowest BCUT2D eigenvalue weighted by molar-refractivity contribution is 0.0151. The van der Waals surface area contributed by atoms with Crippen LogP contribution in [0.5, 0.6) is 0 Å². The molecule has 0 saturated heterocycles. The van der Waals surface area contributed by atoms with E-state index in [1.54, 1.807) is 18.2 Å². The minimum Gasteiger partial charge on any atom is -0.472 e. The van der Waals surface area contributed by atoms with E-state index in [9.17, 15) is 9.59 Å². The van der Waals surface area contributed by atoms with E-state index in [1.807, 2.05) is 66.7 Å². The molecule has 6 rings (SSSR count). The van der Waals surface area contributed by atoms with E-state index in [0.717, 1.165) is 24.0 Å². The lowest BCUT2D eigenvalue weighted by Gasteiger charge is -2.37. The summed E-state index contributed by atoms with van der Waals surface area (Å²) < 4.78 is 6.65. The van der Waals surface area contributed by atoms with E-state index in [0.29, 0.717) is 16.7 Å². The third kappa shape index (κ3) is 1.92. The highest BCUT2D eigenvalue weighted by Crippen LogP contribution is 2.72. The zero-order valence-corrected chi connectivity index (χ0v) is 15.7. The maximum atomic E-state index is 13.6. The van der Waals surface area contributed by atoms with Gasteiger partial charge in [0.05, 0.1) is 11.0 Å². The fourth-order valence-corrected chi connectivity index (χ4v) is 5.22. The Balaban J connectivity index is 1.64. The second kappa shape index (κ2) is 5.54. The first-order chi connectivity index (χ1) is 14.2. The van der Waals surface area contributed by atoms with Gasteiger partial charge in [-0.1, -0.05) is 84.9 Å². The van der Waals surface area contributed by atoms with Gasteiger partial charge < -0.3 is 4.74 Å². The maximum absolute atomic E-state index is 13.6. The highest BCUT2D eigenvalue weighted by Gasteiger charge is 2.72. The summed E-state index contributed by atoms with van der Waals surface area (Å²) in [6, 6.07) is 27.1. The standard InChI is InChI=1S/C26H18O3/c27-22-19-13-7-8-14-20(19)23(28)24-21(22)25(15-16-25)26(29-24,17-9-3-1-4-10-17)18-11-5-2-6-12-18/h1-14H,15-16H2. The topological polar surface area (TPSA) is 43.4 Å². The van der Waals surface area contributed by atoms with E-state index >= 15 is 0 Å². The number of ether oxygens (including phenoxy) is 1. The van der Waals surface area contributed by atoms with Gasteiger partial charge in [0.25, 0.3) is 0 Å². The van der Waals surface area contributed by atoms with E-state index < -0.39 is 11.0 Å². The Morgan fingerprint density at radius 2 is 1.10 bits per heavy atom. The van der Waals surface area contributed by atoms with Crippen molar-refractivity contribution < 1.29 is 14.3 Å². The third-order valence-electron chi connectivity index (χ3n) is 6.59. The first kappa shape index (κ1) is 16.5. The molecular weight excluding hydrogens is 360 g/mol. The van der Waals surface area contributed by atoms with E-state index in [1.165, 1.54) is 0 Å². The van der Waals surface area contributed by atoms with Crippen LogP contribution in [0.25, 0.3) is 0 Å². The van der Waals surface area contributed by atoms with Crippen LogP contribution in [-0.4, -0.2) is 11.6 Å². The smallest absolute Gasteiger partial charge is 0.228 e. The Morgan fingerprint density at radius 1 is 0.621 bits per heavy atom. The lowest BCUT2D eigenvalue weighted by Crippen LogP contribution is -2.38. The maximum Gasteiger partial charge on any atom is 0.228 e. The molecule has 1 aliphatic heterocycles. The van der Waals surface area contributed by atoms with E-state index in [4.69, 9.17) is 4.74 Å². The largest absolute Gasteiger partial charge is 0.472 e. The normalized spacial score (nSPS) is 20.3. The van der Waals surface area contributed by atoms with Crippen LogP contribution in [0, 0.1) is 5.41 Å². The number of carbonyl (C=O) groups excluding carboxylic acids is 2. The van der Waals surface area contributed by atoms with Gasteiger partial charge in [0.1, 0.15) is 0 Å². The number of hydrogen-bond donors (Lipinski definition) is 0. The van der Waals surface area contributed by atoms with Crippen molar-refractivity contribution in [3.05, 3.63) is 119 Å². The number of hydrogen-bond acceptors (Lipinski definition) is 3. The molecule has 1 spiro atoms. The van der Waals surface area contributed by atoms with Crippen LogP contribution in [-0.2, 0) is 10.3 Å². The fourth-order valence-electron chi connectivity index (χ4n) is 5.22. The average Bonchev–Trinajstić information content (AvgIpc) is 3.51. The molecule has 3 nitrogen and oxygen atoms in total. The van der Waals surface area contributed by atoms with Gasteiger partial charge in [-0.2, -0.15) is 0 Å². The Labute approximate surface area is 168 Å². The summed E-state index contributed by atoms with van der Waals surface area (Å²) in [7, 11) is 0. The Hall–Kier alpha value is -3.46. The number of ketones is 2. The predicted molar refractivity (Wildman–Crippen MR) is 109 cm³/mol. The van der Waals surface area contributed by atoms with Gasteiger partial charge in [0.15, 0.2) is 17.1 Å². The SMILES string of the molecule is O=C1C2=C(C(=O)c3ccccc31)C1(CC1)C(c1ccccc1)(c1ccccc1)O2. The molecule has 0 aromatic heterocycles. The molecule has 0 unspecified atom stereocenters. The van der Waals surface area contributed by atoms with Crippen molar-refractivity contribution in [3.63, 3.8) is 0 Å². The minimum absolute atomic E-state index is 0.0681. The van der Waals surface area contributed by atoms with Crippen molar-refractivity contribution >= 4 is 11.6 Å². The van der Waals surface area contributed by atoms with Crippen molar-refractivity contribution in [2.75, 3.05) is 0 Å². The first-order valence-electron chi connectivity index (χ1n) is 9.92. The Kier molecular flexibility index (Phi) is 3.15. The van der Waals surface area contributed by atoms with E-state index in [2.05, 4.69) is 0 Å². The summed E-state index contributed by atoms with van der Waals surface area (Å²) in [5.41, 5.74) is 2.06. The molecule has 0 amide bonds. The molecule has 0 bridgehead atoms. The molecule has 3 aromatic rings. The molecule has 3 aromatic carbocycles. The molecule has 3 aliphatic rings. The fraction of sp³-hybridized carbons (Fsp3) is 0.154. The molecular formula is C26H18O3. The zero-order valence-electron chi connectivity index (χ0n) is 15.7. The average molecular weight is 378 g/mol. The second-order valence-corrected chi connectivity index (χ2v) is 8.01. The number of benzene rings is 3. The molecule has 1 heterocycles. The molecule has 3 heteroatoms. The third-order valence-corrected chi connectivity index (χ3v) is 6.59. The number of fused-ring (bicyclic) bond motifs is 2. The highest BCUT2D eigenvalue weighted by atomic mass is 16.5. The molecule has 1 saturated carbocycles. The number of allylic oxidation sites excluding steroid dienone is 1. The summed E-state index contributed by atoms with van der Waals surface area (Å²) in [6.07, 6.45) is 1.63. The second-order valence-electron chi connectivity index (χ2n) is 8.01. The summed E-state index contributed by atoms with van der Waals surface area (Å²) in [5, 5.41) is 0. The van der Waals surface area contributed by atoms with Crippen LogP contribution in [0.3, 0.4) is 0 Å². The van der Waals surface area contributed by atoms with Crippen molar-refractivity contribution in [1.29, 1.82) is 0 Å². The van der Waals surface area contributed by atoms with Gasteiger partial charge in [0.2, 0.25) is 5.78 Å². The lowest BCUT2D eigenvalue weighted by atomic mass is 9.69. The van der Waals surface area contributed by atoms with Gasteiger partial charge in [-0.05, 0) is 12.8 Å². The van der Waals surface area contributed by atoms with Crippen molar-refractivity contribution in [1.82, 2.24) is 0 Å². The monoisotopic (exact) mass is 378 g/mol. The number of rotatable bonds is 2. The van der Waals surface area contributed by atoms with Crippen molar-refractivity contribution in [2.24, 2.45) is 5.41 Å². The van der Waals surface area contributed by atoms with Gasteiger partial charge in [-0.25, -0.2) is 0 Å². The van der Waals surface area contributed by atoms with Crippen molar-refractivity contribution in [2.45, 2.75) is 18.4 Å². The van der Waals surface area contributed by atoms with Crippen LogP contribution in [0.2, 0.25) is 0 Å². The summed E-state index contributed by atoms with van der Waals surface area (Å²) in [5.74, 6) is -0.0180. The predicted octanol–water partition coefficient (Wildman–Crippen LogP) is 5.07. The molecule has 0 atom stereocenters. The van der Waals surface area contributed by atoms with Crippen LogP contribution in [0.1, 0.15) is 44.7 Å². The van der Waals surface area contributed by atoms with Crippen molar-refractivity contribution in [3.8, 4) is 0 Å². The molecule has 0 radical (unpaired) electrons. The number of Topliss-reactive ketones (excluding diaryl/α,β-unsaturated/α-hetero) is 2. The van der Waals surface area contributed by atoms with Crippen LogP contribution >= 0.6 is 0 Å². The molecule has 0 N–H and O–H groups in total. The zero-order chi connectivity index (χ0) is 19.6. The Bertz CT molecular complexity index is 1160. The van der Waals surface area contributed by atoms with Crippen LogP contribution < -0.4 is 0 Å². The summed E-state index contributed by atoms with van der Waals surface area (Å²) in [4.78, 5) is 26.9. The van der Waals surface area contributed by atoms with E-state index in [-0.39, 0.29) is 17.3 Å². The number of carbonyl (C=O) groups is 2. The molecule has 2 aliphatic carbocycles. The minimum atomic E-state index is -0.868. The summed E-state index contributed by atoms with van der Waals surface area (Å²) in [6.45, 7) is 0. The van der Waals surface area contributed by atoms with Gasteiger partial charge in [-0.3, -0.25) is 9.59 Å². The Morgan fingerprint density at radius 3 is 1.62 bits per heavy atom. The van der Waals surface area contributed by atoms with Gasteiger partial charge in [-0.15, -0.1) is 0 Å². The quantitative estimate of drug-likeness (QED) is 0.625. The highest BCUT2D eigenvalue weighted by molar-refractivity contribution is 6.27. The molecule has 140 valence electrons. The first-order valence-corrected chi connectivity index (χ1v) is 9.92. The molecule has 1 fully saturated rings. The summed E-state index contributed by atoms with van der Waals surface area (Å²) >= 11 is 0. The van der Waals surface area contributed by atoms with Crippen LogP contribution in [0.4, 0.5) is 0 Å². The molecule has 29 heavy (non-hydrogen) atoms. The van der Waals surface area contributed by atoms with Gasteiger partial charge >= 0.3 is 0 Å². The van der Waals surface area contributed by atoms with Crippen LogP contribution in [0.15, 0.2) is 96.3 Å². The van der Waals surface area contributed by atoms with Gasteiger partial charge in [0, 0.05) is 22.3 Å².